The van der Waals surface area contributed by atoms with Crippen molar-refractivity contribution in [3.63, 3.8) is 0 Å². The second-order valence-corrected chi connectivity index (χ2v) is 11.8. The van der Waals surface area contributed by atoms with Crippen LogP contribution >= 0.6 is 7.75 Å². The van der Waals surface area contributed by atoms with Gasteiger partial charge in [-0.2, -0.15) is 5.09 Å². The topological polar surface area (TPSA) is 163 Å². The number of nitrogens with zero attached hydrogens (tertiary/aromatic N) is 2. The van der Waals surface area contributed by atoms with Crippen LogP contribution in [0.25, 0.3) is 21.8 Å². The van der Waals surface area contributed by atoms with Crippen molar-refractivity contribution >= 4 is 35.5 Å². The van der Waals surface area contributed by atoms with Gasteiger partial charge in [0.05, 0.1) is 24.6 Å². The molecule has 0 bridgehead atoms. The van der Waals surface area contributed by atoms with E-state index in [1.165, 1.54) is 6.92 Å². The van der Waals surface area contributed by atoms with Gasteiger partial charge in [-0.05, 0) is 32.0 Å². The Bertz CT molecular complexity index is 1820. The molecule has 0 amide bonds. The summed E-state index contributed by atoms with van der Waals surface area (Å²) in [4.78, 5) is 38.0. The number of benzene rings is 2. The molecule has 6 atom stereocenters. The third kappa shape index (κ3) is 5.27. The zero-order chi connectivity index (χ0) is 30.4. The van der Waals surface area contributed by atoms with Gasteiger partial charge in [-0.3, -0.25) is 23.7 Å². The SMILES string of the molecule is COC(=O)[C@H](C)NP(=O)(OC[C@H]1O[C@@H](n2ccc(=O)[nH]c2=O)[C@](C)(F)[C@@H]1O)Oc1cccc2c1c1ccccc1n2C. The fourth-order valence-electron chi connectivity index (χ4n) is 5.07. The maximum Gasteiger partial charge on any atom is 0.459 e. The number of methoxy groups -OCH3 is 1. The van der Waals surface area contributed by atoms with Crippen molar-refractivity contribution in [1.82, 2.24) is 19.2 Å². The summed E-state index contributed by atoms with van der Waals surface area (Å²) < 4.78 is 54.6. The number of aromatic amines is 1. The van der Waals surface area contributed by atoms with Crippen LogP contribution in [0.1, 0.15) is 20.1 Å². The number of aliphatic hydroxyl groups excluding tert-OH is 1. The quantitative estimate of drug-likeness (QED) is 0.191. The van der Waals surface area contributed by atoms with Crippen LogP contribution in [0.3, 0.4) is 0 Å². The molecule has 1 fully saturated rings. The number of nitrogens with one attached hydrogen (secondary N) is 2. The summed E-state index contributed by atoms with van der Waals surface area (Å²) >= 11 is 0. The summed E-state index contributed by atoms with van der Waals surface area (Å²) in [6, 6.07) is 12.5. The molecule has 3 N–H and O–H groups in total. The smallest absolute Gasteiger partial charge is 0.459 e. The van der Waals surface area contributed by atoms with Crippen molar-refractivity contribution in [3.8, 4) is 5.75 Å². The van der Waals surface area contributed by atoms with E-state index in [0.29, 0.717) is 5.39 Å². The average molecular weight is 605 g/mol. The van der Waals surface area contributed by atoms with Crippen molar-refractivity contribution in [2.24, 2.45) is 7.05 Å². The lowest BCUT2D eigenvalue weighted by atomic mass is 9.98. The number of H-pyrrole nitrogens is 1. The van der Waals surface area contributed by atoms with Gasteiger partial charge in [0.15, 0.2) is 11.9 Å². The lowest BCUT2D eigenvalue weighted by Crippen LogP contribution is -2.43. The highest BCUT2D eigenvalue weighted by Gasteiger charge is 2.56. The second-order valence-electron chi connectivity index (χ2n) is 10.1. The fraction of sp³-hybridized carbons (Fsp3) is 0.370. The minimum atomic E-state index is -4.46. The Labute approximate surface area is 238 Å². The van der Waals surface area contributed by atoms with Crippen LogP contribution in [0.5, 0.6) is 5.75 Å². The van der Waals surface area contributed by atoms with Crippen LogP contribution < -0.4 is 20.9 Å². The molecular formula is C27H30FN4O9P. The van der Waals surface area contributed by atoms with Gasteiger partial charge >= 0.3 is 19.4 Å². The standard InChI is InChI=1S/C27H30FN4O9P/c1-15(24(35)38-4)30-42(37,41-19-11-7-10-18-22(19)16-8-5-6-9-17(16)31(18)3)39-14-20-23(34)27(2,28)25(40-20)32-13-12-21(33)29-26(32)36/h5-13,15,20,23,25,34H,14H2,1-4H3,(H,30,37)(H,29,33,36)/t15-,20+,23+,25+,27+,42?/m0/s1. The van der Waals surface area contributed by atoms with Crippen LogP contribution in [0.2, 0.25) is 0 Å². The van der Waals surface area contributed by atoms with E-state index in [1.54, 1.807) is 12.1 Å². The molecule has 1 unspecified atom stereocenters. The van der Waals surface area contributed by atoms with Gasteiger partial charge in [0.25, 0.3) is 5.56 Å². The molecule has 1 aliphatic heterocycles. The van der Waals surface area contributed by atoms with Gasteiger partial charge in [-0.1, -0.05) is 24.3 Å². The van der Waals surface area contributed by atoms with Crippen LogP contribution in [0.4, 0.5) is 4.39 Å². The number of hydrogen-bond acceptors (Lipinski definition) is 9. The highest BCUT2D eigenvalue weighted by Crippen LogP contribution is 2.49. The number of alkyl halides is 1. The largest absolute Gasteiger partial charge is 0.468 e. The highest BCUT2D eigenvalue weighted by molar-refractivity contribution is 7.52. The molecule has 1 aliphatic rings. The lowest BCUT2D eigenvalue weighted by Gasteiger charge is -2.25. The number of aromatic nitrogens is 3. The third-order valence-electron chi connectivity index (χ3n) is 7.25. The highest BCUT2D eigenvalue weighted by atomic mass is 31.2. The predicted molar refractivity (Wildman–Crippen MR) is 150 cm³/mol. The van der Waals surface area contributed by atoms with Gasteiger partial charge in [-0.25, -0.2) is 13.8 Å². The van der Waals surface area contributed by atoms with Crippen LogP contribution in [0, 0.1) is 0 Å². The molecule has 224 valence electrons. The molecule has 0 aliphatic carbocycles. The first-order valence-corrected chi connectivity index (χ1v) is 14.5. The molecule has 42 heavy (non-hydrogen) atoms. The summed E-state index contributed by atoms with van der Waals surface area (Å²) in [6.07, 6.45) is -3.87. The van der Waals surface area contributed by atoms with Crippen LogP contribution in [-0.4, -0.2) is 62.8 Å². The van der Waals surface area contributed by atoms with E-state index in [1.807, 2.05) is 46.9 Å². The third-order valence-corrected chi connectivity index (χ3v) is 8.88. The monoisotopic (exact) mass is 604 g/mol. The zero-order valence-corrected chi connectivity index (χ0v) is 24.0. The van der Waals surface area contributed by atoms with E-state index in [4.69, 9.17) is 18.5 Å². The molecule has 2 aromatic carbocycles. The number of hydrogen-bond donors (Lipinski definition) is 3. The molecule has 0 radical (unpaired) electrons. The Morgan fingerprint density at radius 3 is 2.64 bits per heavy atom. The van der Waals surface area contributed by atoms with E-state index in [9.17, 15) is 24.1 Å². The number of ether oxygens (including phenoxy) is 2. The normalized spacial score (nSPS) is 24.5. The van der Waals surface area contributed by atoms with E-state index in [2.05, 4.69) is 5.09 Å². The number of para-hydroxylation sites is 1. The van der Waals surface area contributed by atoms with Gasteiger partial charge in [0.1, 0.15) is 24.0 Å². The van der Waals surface area contributed by atoms with Crippen molar-refractivity contribution in [2.45, 2.75) is 44.0 Å². The maximum atomic E-state index is 15.7. The van der Waals surface area contributed by atoms with E-state index < -0.39 is 61.7 Å². The Morgan fingerprint density at radius 2 is 1.93 bits per heavy atom. The Morgan fingerprint density at radius 1 is 1.21 bits per heavy atom. The number of aryl methyl sites for hydroxylation is 1. The predicted octanol–water partition coefficient (Wildman–Crippen LogP) is 2.52. The molecule has 2 aromatic heterocycles. The van der Waals surface area contributed by atoms with Gasteiger partial charge < -0.3 is 23.7 Å². The number of halogens is 1. The molecule has 5 rings (SSSR count). The van der Waals surface area contributed by atoms with E-state index >= 15 is 4.39 Å². The van der Waals surface area contributed by atoms with Crippen molar-refractivity contribution in [3.05, 3.63) is 75.6 Å². The first kappa shape index (κ1) is 29.7. The molecule has 1 saturated heterocycles. The minimum Gasteiger partial charge on any atom is -0.468 e. The first-order valence-electron chi connectivity index (χ1n) is 13.0. The number of fused-ring (bicyclic) bond motifs is 3. The Kier molecular flexibility index (Phi) is 7.86. The summed E-state index contributed by atoms with van der Waals surface area (Å²) in [5, 5.41) is 14.7. The first-order chi connectivity index (χ1) is 19.9. The van der Waals surface area contributed by atoms with Crippen molar-refractivity contribution < 1.29 is 37.4 Å². The number of aliphatic hydroxyl groups is 1. The number of rotatable bonds is 9. The molecule has 13 nitrogen and oxygen atoms in total. The van der Waals surface area contributed by atoms with Gasteiger partial charge in [0, 0.05) is 30.2 Å². The molecule has 15 heteroatoms. The maximum absolute atomic E-state index is 15.7. The molecule has 4 aromatic rings. The molecular weight excluding hydrogens is 574 g/mol. The average Bonchev–Trinajstić information content (AvgIpc) is 3.37. The number of carbonyl (C=O) groups excluding carboxylic acids is 1. The fourth-order valence-corrected chi connectivity index (χ4v) is 6.59. The Hall–Kier alpha value is -3.81. The van der Waals surface area contributed by atoms with Gasteiger partial charge in [0.2, 0.25) is 0 Å². The molecule has 3 heterocycles. The lowest BCUT2D eigenvalue weighted by molar-refractivity contribution is -0.142. The van der Waals surface area contributed by atoms with Crippen molar-refractivity contribution in [1.29, 1.82) is 0 Å². The summed E-state index contributed by atoms with van der Waals surface area (Å²) in [5.41, 5.74) is -2.49. The van der Waals surface area contributed by atoms with E-state index in [0.717, 1.165) is 47.3 Å². The van der Waals surface area contributed by atoms with Crippen LogP contribution in [-0.2, 0) is 30.4 Å². The molecule has 0 saturated carbocycles. The second kappa shape index (κ2) is 11.1. The zero-order valence-electron chi connectivity index (χ0n) is 23.1. The minimum absolute atomic E-state index is 0.179. The van der Waals surface area contributed by atoms with Crippen LogP contribution in [0.15, 0.2) is 64.3 Å². The Balaban J connectivity index is 1.47. The molecule has 0 spiro atoms. The van der Waals surface area contributed by atoms with Crippen molar-refractivity contribution in [2.75, 3.05) is 13.7 Å². The summed E-state index contributed by atoms with van der Waals surface area (Å²) in [6.45, 7) is 1.75. The van der Waals surface area contributed by atoms with E-state index in [-0.39, 0.29) is 5.75 Å². The summed E-state index contributed by atoms with van der Waals surface area (Å²) in [5.74, 6) is -0.574. The van der Waals surface area contributed by atoms with Gasteiger partial charge in [-0.15, -0.1) is 0 Å². The number of carbonyl (C=O) groups is 1. The number of esters is 1. The summed E-state index contributed by atoms with van der Waals surface area (Å²) in [7, 11) is -1.42.